The predicted octanol–water partition coefficient (Wildman–Crippen LogP) is 23.4. The summed E-state index contributed by atoms with van der Waals surface area (Å²) in [6.45, 7) is 23.3. The van der Waals surface area contributed by atoms with Crippen LogP contribution in [0.2, 0.25) is 0 Å². The number of nitrogens with zero attached hydrogens (tertiary/aromatic N) is 21. The summed E-state index contributed by atoms with van der Waals surface area (Å²) in [6.07, 6.45) is 15.2. The summed E-state index contributed by atoms with van der Waals surface area (Å²) in [4.78, 5) is 51.8. The van der Waals surface area contributed by atoms with Gasteiger partial charge in [0.25, 0.3) is 29.5 Å². The highest BCUT2D eigenvalue weighted by atomic mass is 16.6. The number of ketones is 2. The fraction of sp³-hybridized carbons (Fsp3) is 0.330. The Hall–Kier alpha value is -16.2. The molecule has 0 spiro atoms. The van der Waals surface area contributed by atoms with Gasteiger partial charge in [0.15, 0.2) is 11.6 Å². The van der Waals surface area contributed by atoms with Gasteiger partial charge < -0.3 is 46.9 Å². The fourth-order valence-electron chi connectivity index (χ4n) is 15.8. The van der Waals surface area contributed by atoms with Crippen LogP contribution in [0.25, 0.3) is 147 Å². The van der Waals surface area contributed by atoms with Crippen LogP contribution in [0.3, 0.4) is 0 Å². The zero-order chi connectivity index (χ0) is 92.1. The highest BCUT2D eigenvalue weighted by Crippen LogP contribution is 2.44. The number of nitrogens with one attached hydrogen (secondary N) is 2. The van der Waals surface area contributed by atoms with Crippen LogP contribution in [0.5, 0.6) is 23.0 Å². The molecule has 0 radical (unpaired) electrons. The van der Waals surface area contributed by atoms with E-state index in [4.69, 9.17) is 46.2 Å². The molecule has 13 heterocycles. The highest BCUT2D eigenvalue weighted by molar-refractivity contribution is 6.02. The van der Waals surface area contributed by atoms with Gasteiger partial charge in [0.1, 0.15) is 62.3 Å². The first kappa shape index (κ1) is 99.3. The third-order valence-electron chi connectivity index (χ3n) is 23.6. The van der Waals surface area contributed by atoms with Crippen LogP contribution in [0.1, 0.15) is 201 Å². The number of nitriles is 1. The molecule has 1 fully saturated rings. The monoisotopic (exact) mass is 1860 g/mol. The summed E-state index contributed by atoms with van der Waals surface area (Å²) in [5.41, 5.74) is 16.6. The molecule has 1 aliphatic carbocycles. The number of fused-ring (bicyclic) bond motifs is 6. The molecular weight excluding hydrogens is 1750 g/mol. The van der Waals surface area contributed by atoms with Gasteiger partial charge >= 0.3 is 0 Å². The largest absolute Gasteiger partial charge is 0.496 e. The maximum atomic E-state index is 12.7. The first-order chi connectivity index (χ1) is 64.6. The van der Waals surface area contributed by atoms with E-state index in [1.54, 1.807) is 62.2 Å². The molecule has 3 aliphatic heterocycles. The maximum absolute atomic E-state index is 12.7. The summed E-state index contributed by atoms with van der Waals surface area (Å²) < 4.78 is 59.3. The number of pyridine rings is 1. The molecule has 18 aromatic rings. The fourth-order valence-corrected chi connectivity index (χ4v) is 15.8. The van der Waals surface area contributed by atoms with E-state index in [2.05, 4.69) is 163 Å². The van der Waals surface area contributed by atoms with Gasteiger partial charge in [-0.2, -0.15) is 35.3 Å². The smallest absolute Gasteiger partial charge is 0.258 e. The van der Waals surface area contributed by atoms with Crippen LogP contribution in [0.4, 0.5) is 5.69 Å². The van der Waals surface area contributed by atoms with Gasteiger partial charge in [-0.05, 0) is 239 Å². The molecule has 0 amide bonds. The second-order valence-corrected chi connectivity index (χ2v) is 34.4. The van der Waals surface area contributed by atoms with Crippen LogP contribution in [-0.4, -0.2) is 149 Å². The highest BCUT2D eigenvalue weighted by Gasteiger charge is 2.40. The molecule has 10 aromatic heterocycles. The topological polar surface area (TPSA) is 443 Å². The molecule has 0 unspecified atom stereocenters. The number of H-pyrrole nitrogens is 1. The van der Waals surface area contributed by atoms with E-state index in [1.165, 1.54) is 18.4 Å². The maximum Gasteiger partial charge on any atom is 0.258 e. The third-order valence-corrected chi connectivity index (χ3v) is 23.6. The number of hydrogen-bond donors (Lipinski definition) is 2. The van der Waals surface area contributed by atoms with Crippen molar-refractivity contribution in [2.24, 2.45) is 11.3 Å². The van der Waals surface area contributed by atoms with Gasteiger partial charge in [0, 0.05) is 76.7 Å². The third kappa shape index (κ3) is 21.5. The van der Waals surface area contributed by atoms with Gasteiger partial charge in [0.05, 0.1) is 82.9 Å². The molecule has 0 saturated heterocycles. The van der Waals surface area contributed by atoms with Gasteiger partial charge in [-0.3, -0.25) is 19.7 Å². The normalized spacial score (nSPS) is 13.5. The van der Waals surface area contributed by atoms with Gasteiger partial charge in [-0.15, -0.1) is 10.2 Å². The number of ether oxygens (including phenoxy) is 4. The number of rotatable bonds is 20. The van der Waals surface area contributed by atoms with E-state index in [0.29, 0.717) is 133 Å². The zero-order valence-corrected chi connectivity index (χ0v) is 75.0. The van der Waals surface area contributed by atoms with E-state index in [-0.39, 0.29) is 60.2 Å². The van der Waals surface area contributed by atoms with Crippen molar-refractivity contribution in [3.8, 4) is 143 Å². The standard InChI is InChI=1S/C21H23N5O2.C20H19N5O2.C20H19N3O3.C19H14N6O2.C18H18N4O3.5CH4/c1-13-6-9-18(27-5)15(10-13)19-22-20(28-24-19)14-7-8-17-16(11-14)23-25-26(17)12-21(2,3)4;1-12(2)25-17-9-8-14(11-16(17)22-24-25)20-21-19(23-27-20)15-7-3-5-13-6-4-10-26-18(13)15;1-3-20(4-2)11-16(24)15-10-13(7-8-17(15)25-20)19-22-18(23-26-19)14-6-5-9-21-12-14;20-9-14-7-13(4-5-15(14)21-10-11-1-2-11)19-22-18(25-26-19)12-3-6-16-17(8-12)24-27-23-16;1-3-18(4-2)8-14(23)13-7-11(5-6-15(13)24-18)17-21-16(22-25-17)12-9-19-20-10-12;;;;;/h6-11H,12H2,1-5H3;3,5,7-9,11-12H,4,6,10H2,1-2H3;5-10,12H,3-4,11H2,1-2H3;3-8,11,21H,1-2,10H2;5-7,9-10H,3-4,8H2,1-2H3,(H,19,20);5*1H4. The van der Waals surface area contributed by atoms with Crippen molar-refractivity contribution in [3.63, 3.8) is 0 Å². The SMILES string of the molecule is C.C.C.C.C.CC(C)n1nnc2cc(-c3nc(-c4cccc5c4OCCC5)no3)ccc21.CCC1(CC)CC(=O)c2cc(-c3nc(-c4cccnc4)no3)ccc2O1.CCC1(CC)CC(=O)c2cc(-c3nc(-c4cn[nH]c4)no3)ccc2O1.COc1ccc(C)cc1-c1noc(-c2ccc3c(c2)nnn3CC(C)(C)C)n1.N#Cc1cc(-c2nc(-c3ccc4nonc4c3)no2)ccc1NCC1CC1. The number of aryl methyl sites for hydroxylation is 2. The lowest BCUT2D eigenvalue weighted by Crippen LogP contribution is -2.40. The Labute approximate surface area is 798 Å². The van der Waals surface area contributed by atoms with E-state index in [9.17, 15) is 14.9 Å². The first-order valence-electron chi connectivity index (χ1n) is 44.0. The molecule has 35 nitrogen and oxygen atoms in total. The quantitative estimate of drug-likeness (QED) is 0.0715. The van der Waals surface area contributed by atoms with E-state index >= 15 is 0 Å². The summed E-state index contributed by atoms with van der Waals surface area (Å²) >= 11 is 0. The minimum Gasteiger partial charge on any atom is -0.496 e. The molecule has 22 rings (SSSR count). The lowest BCUT2D eigenvalue weighted by atomic mass is 9.85. The molecule has 1 saturated carbocycles. The lowest BCUT2D eigenvalue weighted by molar-refractivity contribution is 0.0341. The van der Waals surface area contributed by atoms with Crippen LogP contribution in [0.15, 0.2) is 210 Å². The van der Waals surface area contributed by atoms with Crippen LogP contribution in [-0.2, 0) is 13.0 Å². The number of para-hydroxylation sites is 1. The van der Waals surface area contributed by atoms with Crippen LogP contribution < -0.4 is 24.3 Å². The average Bonchev–Trinajstić information content (AvgIpc) is 1.04. The summed E-state index contributed by atoms with van der Waals surface area (Å²) in [5.74, 6) is 8.06. The lowest BCUT2D eigenvalue weighted by Gasteiger charge is -2.36. The second kappa shape index (κ2) is 42.6. The van der Waals surface area contributed by atoms with E-state index in [1.807, 2.05) is 151 Å². The number of aromatic amines is 1. The summed E-state index contributed by atoms with van der Waals surface area (Å²) in [7, 11) is 1.63. The number of Topliss-reactive ketones (excluding diaryl/α,β-unsaturated/α-hetero) is 2. The van der Waals surface area contributed by atoms with Gasteiger partial charge in [0.2, 0.25) is 29.1 Å². The van der Waals surface area contributed by atoms with Crippen molar-refractivity contribution in [2.75, 3.05) is 25.6 Å². The van der Waals surface area contributed by atoms with Gasteiger partial charge in [-0.1, -0.05) is 146 Å². The van der Waals surface area contributed by atoms with Gasteiger partial charge in [-0.25, -0.2) is 14.0 Å². The zero-order valence-electron chi connectivity index (χ0n) is 75.0. The Kier molecular flexibility index (Phi) is 30.7. The predicted molar refractivity (Wildman–Crippen MR) is 524 cm³/mol. The van der Waals surface area contributed by atoms with E-state index in [0.717, 1.165) is 142 Å². The molecule has 2 N–H and O–H groups in total. The number of methoxy groups -OCH3 is 1. The number of hydrogen-bond acceptors (Lipinski definition) is 32. The Morgan fingerprint density at radius 3 is 1.63 bits per heavy atom. The minimum absolute atomic E-state index is 0. The second-order valence-electron chi connectivity index (χ2n) is 34.4. The van der Waals surface area contributed by atoms with Crippen molar-refractivity contribution in [3.05, 3.63) is 210 Å². The minimum atomic E-state index is -0.399. The Bertz CT molecular complexity index is 7280. The van der Waals surface area contributed by atoms with Crippen molar-refractivity contribution in [1.82, 2.24) is 106 Å². The molecule has 0 bridgehead atoms. The average molecular weight is 1870 g/mol. The summed E-state index contributed by atoms with van der Waals surface area (Å²) in [6, 6.07) is 51.6. The van der Waals surface area contributed by atoms with E-state index < -0.39 is 11.2 Å². The van der Waals surface area contributed by atoms with Crippen LogP contribution in [0, 0.1) is 29.6 Å². The number of aromatic nitrogens is 21. The van der Waals surface area contributed by atoms with Crippen molar-refractivity contribution in [2.45, 2.75) is 194 Å². The number of benzene rings is 8. The molecule has 712 valence electrons. The molecule has 4 aliphatic rings. The molecule has 8 aromatic carbocycles. The molecule has 138 heavy (non-hydrogen) atoms. The first-order valence-corrected chi connectivity index (χ1v) is 44.0. The number of carbonyl (C=O) groups is 2. The Morgan fingerprint density at radius 2 is 1.07 bits per heavy atom. The van der Waals surface area contributed by atoms with Crippen molar-refractivity contribution >= 4 is 50.4 Å². The number of anilines is 1. The molecular formula is C103H113N23O12. The van der Waals surface area contributed by atoms with Crippen molar-refractivity contribution in [1.29, 1.82) is 5.26 Å². The molecule has 0 atom stereocenters. The molecule has 35 heteroatoms. The number of carbonyl (C=O) groups excluding carboxylic acids is 2. The van der Waals surface area contributed by atoms with Crippen LogP contribution >= 0.6 is 0 Å². The Balaban J connectivity index is 0.000000144. The summed E-state index contributed by atoms with van der Waals surface area (Å²) in [5, 5.41) is 64.3. The Morgan fingerprint density at radius 1 is 0.536 bits per heavy atom. The van der Waals surface area contributed by atoms with Crippen molar-refractivity contribution < 1.29 is 55.8 Å².